The molecule has 0 heterocycles. The molecular weight excluding hydrogens is 841 g/mol. The average molecular weight is 887 g/mol. The van der Waals surface area contributed by atoms with E-state index >= 15 is 0 Å². The molecule has 0 nitrogen and oxygen atoms in total. The van der Waals surface area contributed by atoms with Gasteiger partial charge in [0.1, 0.15) is 0 Å². The zero-order valence-corrected chi connectivity index (χ0v) is 38.6. The summed E-state index contributed by atoms with van der Waals surface area (Å²) in [4.78, 5) is 0. The lowest BCUT2D eigenvalue weighted by Gasteiger charge is -2.19. The third-order valence-electron chi connectivity index (χ3n) is 14.3. The van der Waals surface area contributed by atoms with Crippen LogP contribution < -0.4 is 0 Å². The van der Waals surface area contributed by atoms with Gasteiger partial charge in [-0.25, -0.2) is 0 Å². The normalized spacial score (nSPS) is 11.4. The summed E-state index contributed by atoms with van der Waals surface area (Å²) in [5.74, 6) is 0. The van der Waals surface area contributed by atoms with Gasteiger partial charge in [0.2, 0.25) is 0 Å². The van der Waals surface area contributed by atoms with E-state index in [1.807, 2.05) is 0 Å². The summed E-state index contributed by atoms with van der Waals surface area (Å²) in [5, 5.41) is 18.0. The topological polar surface area (TPSA) is 0 Å². The third-order valence-corrected chi connectivity index (χ3v) is 14.3. The van der Waals surface area contributed by atoms with Crippen molar-refractivity contribution >= 4 is 75.4 Å². The van der Waals surface area contributed by atoms with Crippen LogP contribution in [0, 0.1) is 0 Å². The molecule has 14 aromatic rings. The minimum atomic E-state index is 1.24. The molecule has 70 heavy (non-hydrogen) atoms. The fourth-order valence-corrected chi connectivity index (χ4v) is 11.2. The molecule has 0 fully saturated rings. The van der Waals surface area contributed by atoms with E-state index in [0.29, 0.717) is 0 Å². The largest absolute Gasteiger partial charge is 0.0622 e. The Labute approximate surface area is 408 Å². The van der Waals surface area contributed by atoms with Gasteiger partial charge in [-0.1, -0.05) is 273 Å². The highest BCUT2D eigenvalue weighted by atomic mass is 14.2. The molecule has 0 spiro atoms. The first-order valence-electron chi connectivity index (χ1n) is 24.3. The van der Waals surface area contributed by atoms with Crippen LogP contribution in [0.15, 0.2) is 279 Å². The maximum atomic E-state index is 2.38. The number of hydrogen-bond donors (Lipinski definition) is 0. The molecule has 0 unspecified atom stereocenters. The van der Waals surface area contributed by atoms with E-state index in [-0.39, 0.29) is 0 Å². The second-order valence-electron chi connectivity index (χ2n) is 18.2. The van der Waals surface area contributed by atoms with Gasteiger partial charge in [0.05, 0.1) is 0 Å². The zero-order valence-electron chi connectivity index (χ0n) is 38.6. The molecule has 14 rings (SSSR count). The Morgan fingerprint density at radius 2 is 0.457 bits per heavy atom. The van der Waals surface area contributed by atoms with E-state index in [1.54, 1.807) is 0 Å². The van der Waals surface area contributed by atoms with Crippen LogP contribution in [-0.2, 0) is 0 Å². The van der Waals surface area contributed by atoms with Crippen molar-refractivity contribution in [1.82, 2.24) is 0 Å². The summed E-state index contributed by atoms with van der Waals surface area (Å²) in [6.45, 7) is 0. The van der Waals surface area contributed by atoms with Gasteiger partial charge >= 0.3 is 0 Å². The highest BCUT2D eigenvalue weighted by Crippen LogP contribution is 2.47. The summed E-state index contributed by atoms with van der Waals surface area (Å²) in [5.41, 5.74) is 12.8. The van der Waals surface area contributed by atoms with E-state index in [2.05, 4.69) is 279 Å². The van der Waals surface area contributed by atoms with Crippen molar-refractivity contribution in [1.29, 1.82) is 0 Å². The van der Waals surface area contributed by atoms with Crippen molar-refractivity contribution in [3.05, 3.63) is 279 Å². The standard InChI is InChI=1S/C36H24.C34H22/c1-2-12-27(13-3-1)35-31-16-6-8-18-33(31)36(34-19-9-7-17-32(34)35)28-23-21-26(22-24-28)30-20-10-14-25-11-4-5-15-29(25)30;1-2-12-23(13-3-1)33-28-18-8-10-20-30(28)34(31-21-11-9-19-29(31)33)32-22-24-14-4-5-15-25(24)26-16-6-7-17-27(26)32/h1-24H;1-22H. The lowest BCUT2D eigenvalue weighted by Crippen LogP contribution is -1.92. The van der Waals surface area contributed by atoms with Crippen LogP contribution in [0.1, 0.15) is 0 Å². The third kappa shape index (κ3) is 7.00. The molecule has 14 aromatic carbocycles. The first kappa shape index (κ1) is 41.1. The van der Waals surface area contributed by atoms with Crippen molar-refractivity contribution in [2.45, 2.75) is 0 Å². The van der Waals surface area contributed by atoms with Gasteiger partial charge in [0, 0.05) is 0 Å². The average Bonchev–Trinajstić information content (AvgIpc) is 3.44. The molecule has 0 amide bonds. The van der Waals surface area contributed by atoms with Gasteiger partial charge in [-0.2, -0.15) is 0 Å². The molecular formula is C70H46. The second kappa shape index (κ2) is 17.5. The number of hydrogen-bond acceptors (Lipinski definition) is 0. The lowest BCUT2D eigenvalue weighted by atomic mass is 9.84. The minimum absolute atomic E-state index is 1.24. The minimum Gasteiger partial charge on any atom is -0.0622 e. The van der Waals surface area contributed by atoms with Crippen LogP contribution in [0.5, 0.6) is 0 Å². The molecule has 326 valence electrons. The highest BCUT2D eigenvalue weighted by molar-refractivity contribution is 6.26. The summed E-state index contributed by atoms with van der Waals surface area (Å²) >= 11 is 0. The monoisotopic (exact) mass is 886 g/mol. The molecule has 0 aromatic heterocycles. The summed E-state index contributed by atoms with van der Waals surface area (Å²) in [6, 6.07) is 101. The van der Waals surface area contributed by atoms with Gasteiger partial charge in [-0.05, 0) is 137 Å². The van der Waals surface area contributed by atoms with Crippen molar-refractivity contribution < 1.29 is 0 Å². The van der Waals surface area contributed by atoms with Crippen LogP contribution in [0.2, 0.25) is 0 Å². The Kier molecular flexibility index (Phi) is 10.3. The van der Waals surface area contributed by atoms with E-state index in [0.717, 1.165) is 0 Å². The summed E-state index contributed by atoms with van der Waals surface area (Å²) < 4.78 is 0. The van der Waals surface area contributed by atoms with Crippen molar-refractivity contribution in [2.75, 3.05) is 0 Å². The van der Waals surface area contributed by atoms with Crippen molar-refractivity contribution in [3.8, 4) is 55.6 Å². The molecule has 0 aliphatic rings. The van der Waals surface area contributed by atoms with Gasteiger partial charge in [0.25, 0.3) is 0 Å². The van der Waals surface area contributed by atoms with E-state index in [9.17, 15) is 0 Å². The predicted molar refractivity (Wildman–Crippen MR) is 303 cm³/mol. The molecule has 0 aliphatic carbocycles. The fraction of sp³-hybridized carbons (Fsp3) is 0. The van der Waals surface area contributed by atoms with Gasteiger partial charge in [0.15, 0.2) is 0 Å². The summed E-state index contributed by atoms with van der Waals surface area (Å²) in [6.07, 6.45) is 0. The van der Waals surface area contributed by atoms with Crippen LogP contribution in [0.3, 0.4) is 0 Å². The smallest absolute Gasteiger partial charge is 0.00199 e. The van der Waals surface area contributed by atoms with E-state index in [4.69, 9.17) is 0 Å². The quantitative estimate of drug-likeness (QED) is 0.119. The van der Waals surface area contributed by atoms with Crippen LogP contribution >= 0.6 is 0 Å². The Morgan fingerprint density at radius 1 is 0.143 bits per heavy atom. The van der Waals surface area contributed by atoms with E-state index < -0.39 is 0 Å². The molecule has 0 bridgehead atoms. The van der Waals surface area contributed by atoms with Crippen LogP contribution in [-0.4, -0.2) is 0 Å². The van der Waals surface area contributed by atoms with Crippen molar-refractivity contribution in [2.24, 2.45) is 0 Å². The van der Waals surface area contributed by atoms with Crippen LogP contribution in [0.25, 0.3) is 131 Å². The number of rotatable bonds is 5. The maximum absolute atomic E-state index is 2.38. The van der Waals surface area contributed by atoms with Gasteiger partial charge in [-0.3, -0.25) is 0 Å². The Balaban J connectivity index is 0.000000137. The first-order chi connectivity index (χ1) is 34.8. The molecule has 0 saturated heterocycles. The molecule has 0 N–H and O–H groups in total. The molecule has 0 radical (unpaired) electrons. The SMILES string of the molecule is c1ccc(-c2c3ccccc3c(-c3cc4ccccc4c4ccccc34)c3ccccc23)cc1.c1ccc(-c2c3ccccc3c(-c3ccc(-c4cccc5ccccc45)cc3)c3ccccc23)cc1. The van der Waals surface area contributed by atoms with Crippen LogP contribution in [0.4, 0.5) is 0 Å². The first-order valence-corrected chi connectivity index (χ1v) is 24.3. The Morgan fingerprint density at radius 3 is 0.929 bits per heavy atom. The highest BCUT2D eigenvalue weighted by Gasteiger charge is 2.20. The lowest BCUT2D eigenvalue weighted by molar-refractivity contribution is 1.63. The molecule has 0 atom stereocenters. The maximum Gasteiger partial charge on any atom is -0.00199 e. The number of fused-ring (bicyclic) bond motifs is 8. The van der Waals surface area contributed by atoms with Gasteiger partial charge < -0.3 is 0 Å². The fourth-order valence-electron chi connectivity index (χ4n) is 11.2. The number of benzene rings is 14. The second-order valence-corrected chi connectivity index (χ2v) is 18.2. The molecule has 0 saturated carbocycles. The Hall–Kier alpha value is -9.10. The van der Waals surface area contributed by atoms with Crippen molar-refractivity contribution in [3.63, 3.8) is 0 Å². The van der Waals surface area contributed by atoms with Gasteiger partial charge in [-0.15, -0.1) is 0 Å². The molecule has 0 aliphatic heterocycles. The van der Waals surface area contributed by atoms with E-state index in [1.165, 1.54) is 131 Å². The zero-order chi connectivity index (χ0) is 46.4. The Bertz CT molecular complexity index is 4140. The molecule has 0 heteroatoms. The predicted octanol–water partition coefficient (Wildman–Crippen LogP) is 19.8. The summed E-state index contributed by atoms with van der Waals surface area (Å²) in [7, 11) is 0.